The van der Waals surface area contributed by atoms with Gasteiger partial charge >= 0.3 is 0 Å². The van der Waals surface area contributed by atoms with Crippen molar-refractivity contribution in [2.24, 2.45) is 11.8 Å². The van der Waals surface area contributed by atoms with Gasteiger partial charge in [-0.05, 0) is 31.1 Å². The monoisotopic (exact) mass is 149 g/mol. The number of nitrogens with one attached hydrogen (secondary N) is 1. The summed E-state index contributed by atoms with van der Waals surface area (Å²) in [7, 11) is 0. The molecule has 2 rings (SSSR count). The molecule has 11 heavy (non-hydrogen) atoms. The molecule has 2 fully saturated rings. The highest BCUT2D eigenvalue weighted by atomic mass is 14.9. The summed E-state index contributed by atoms with van der Waals surface area (Å²) in [4.78, 5) is 0. The van der Waals surface area contributed by atoms with Crippen LogP contribution in [0.5, 0.6) is 0 Å². The Hall–Kier alpha value is -0.480. The van der Waals surface area contributed by atoms with Crippen molar-refractivity contribution in [3.05, 3.63) is 0 Å². The molecule has 0 saturated heterocycles. The van der Waals surface area contributed by atoms with E-state index in [0.29, 0.717) is 0 Å². The fourth-order valence-electron chi connectivity index (χ4n) is 2.29. The van der Waals surface area contributed by atoms with E-state index < -0.39 is 0 Å². The van der Waals surface area contributed by atoms with E-state index in [0.717, 1.165) is 30.8 Å². The molecule has 2 saturated carbocycles. The molecule has 2 aliphatic rings. The minimum atomic E-state index is 0.813. The molecular weight excluding hydrogens is 134 g/mol. The third-order valence-electron chi connectivity index (χ3n) is 3.02. The molecule has 2 aliphatic carbocycles. The van der Waals surface area contributed by atoms with Gasteiger partial charge in [0.15, 0.2) is 0 Å². The number of hydrogen-bond donors (Lipinski definition) is 1. The molecule has 3 atom stereocenters. The largest absolute Gasteiger partial charge is 0.313 e. The van der Waals surface area contributed by atoms with Gasteiger partial charge in [-0.1, -0.05) is 0 Å². The van der Waals surface area contributed by atoms with E-state index in [4.69, 9.17) is 6.42 Å². The molecule has 0 aromatic carbocycles. The van der Waals surface area contributed by atoms with Gasteiger partial charge in [0.25, 0.3) is 0 Å². The van der Waals surface area contributed by atoms with E-state index in [1.165, 1.54) is 19.3 Å². The molecule has 0 bridgehead atoms. The van der Waals surface area contributed by atoms with Crippen LogP contribution in [-0.2, 0) is 0 Å². The summed E-state index contributed by atoms with van der Waals surface area (Å²) in [5, 5.41) is 3.53. The second-order valence-corrected chi connectivity index (χ2v) is 3.75. The first-order valence-corrected chi connectivity index (χ1v) is 4.58. The minimum Gasteiger partial charge on any atom is -0.313 e. The number of terminal acetylenes is 1. The van der Waals surface area contributed by atoms with Gasteiger partial charge in [0.05, 0.1) is 0 Å². The summed E-state index contributed by atoms with van der Waals surface area (Å²) >= 11 is 0. The lowest BCUT2D eigenvalue weighted by Gasteiger charge is -2.12. The Bertz CT molecular complexity index is 180. The predicted molar refractivity (Wildman–Crippen MR) is 46.1 cm³/mol. The van der Waals surface area contributed by atoms with Crippen LogP contribution in [0.4, 0.5) is 0 Å². The van der Waals surface area contributed by atoms with E-state index in [1.54, 1.807) is 0 Å². The molecule has 1 heteroatoms. The minimum absolute atomic E-state index is 0.813. The number of rotatable bonds is 3. The maximum absolute atomic E-state index is 5.17. The van der Waals surface area contributed by atoms with Crippen molar-refractivity contribution in [1.82, 2.24) is 5.32 Å². The highest BCUT2D eigenvalue weighted by Crippen LogP contribution is 2.51. The summed E-state index contributed by atoms with van der Waals surface area (Å²) in [6.45, 7) is 1.02. The topological polar surface area (TPSA) is 12.0 Å². The van der Waals surface area contributed by atoms with Gasteiger partial charge in [-0.15, -0.1) is 12.3 Å². The van der Waals surface area contributed by atoms with Crippen LogP contribution in [0.3, 0.4) is 0 Å². The van der Waals surface area contributed by atoms with Crippen LogP contribution >= 0.6 is 0 Å². The van der Waals surface area contributed by atoms with Crippen LogP contribution in [0.15, 0.2) is 0 Å². The lowest BCUT2D eigenvalue weighted by atomic mass is 10.2. The van der Waals surface area contributed by atoms with Crippen LogP contribution in [0.25, 0.3) is 0 Å². The Kier molecular flexibility index (Phi) is 1.87. The second-order valence-electron chi connectivity index (χ2n) is 3.75. The molecule has 1 nitrogen and oxygen atoms in total. The second kappa shape index (κ2) is 2.87. The van der Waals surface area contributed by atoms with Crippen molar-refractivity contribution in [3.63, 3.8) is 0 Å². The molecule has 1 N–H and O–H groups in total. The SMILES string of the molecule is C#CCCNC1CCC2CC21. The lowest BCUT2D eigenvalue weighted by Crippen LogP contribution is -2.29. The van der Waals surface area contributed by atoms with Crippen molar-refractivity contribution in [1.29, 1.82) is 0 Å². The summed E-state index contributed by atoms with van der Waals surface area (Å²) < 4.78 is 0. The van der Waals surface area contributed by atoms with Gasteiger partial charge in [-0.3, -0.25) is 0 Å². The maximum atomic E-state index is 5.17. The van der Waals surface area contributed by atoms with Crippen LogP contribution in [-0.4, -0.2) is 12.6 Å². The standard InChI is InChI=1S/C10H15N/c1-2-3-6-11-10-5-4-8-7-9(8)10/h1,8-11H,3-7H2. The van der Waals surface area contributed by atoms with Gasteiger partial charge in [0.2, 0.25) is 0 Å². The number of hydrogen-bond acceptors (Lipinski definition) is 1. The van der Waals surface area contributed by atoms with Crippen LogP contribution in [0.1, 0.15) is 25.7 Å². The first-order chi connectivity index (χ1) is 5.42. The average Bonchev–Trinajstić information content (AvgIpc) is 2.70. The predicted octanol–water partition coefficient (Wildman–Crippen LogP) is 1.40. The Morgan fingerprint density at radius 3 is 2.91 bits per heavy atom. The molecule has 0 radical (unpaired) electrons. The quantitative estimate of drug-likeness (QED) is 0.472. The van der Waals surface area contributed by atoms with Crippen molar-refractivity contribution >= 4 is 0 Å². The molecule has 0 amide bonds. The molecule has 3 unspecified atom stereocenters. The van der Waals surface area contributed by atoms with Gasteiger partial charge in [-0.2, -0.15) is 0 Å². The molecular formula is C10H15N. The zero-order valence-electron chi connectivity index (χ0n) is 6.84. The zero-order valence-corrected chi connectivity index (χ0v) is 6.84. The van der Waals surface area contributed by atoms with Crippen molar-refractivity contribution in [2.45, 2.75) is 31.7 Å². The first-order valence-electron chi connectivity index (χ1n) is 4.58. The van der Waals surface area contributed by atoms with Crippen molar-refractivity contribution in [3.8, 4) is 12.3 Å². The third kappa shape index (κ3) is 1.41. The van der Waals surface area contributed by atoms with Crippen LogP contribution in [0, 0.1) is 24.2 Å². The van der Waals surface area contributed by atoms with E-state index >= 15 is 0 Å². The summed E-state index contributed by atoms with van der Waals surface area (Å²) in [5.41, 5.74) is 0. The molecule has 0 heterocycles. The van der Waals surface area contributed by atoms with Gasteiger partial charge in [0, 0.05) is 19.0 Å². The number of fused-ring (bicyclic) bond motifs is 1. The van der Waals surface area contributed by atoms with Gasteiger partial charge in [-0.25, -0.2) is 0 Å². The molecule has 0 aliphatic heterocycles. The van der Waals surface area contributed by atoms with E-state index in [2.05, 4.69) is 11.2 Å². The first kappa shape index (κ1) is 7.18. The highest BCUT2D eigenvalue weighted by Gasteiger charge is 2.47. The summed E-state index contributed by atoms with van der Waals surface area (Å²) in [5.74, 6) is 4.76. The van der Waals surface area contributed by atoms with Crippen molar-refractivity contribution in [2.75, 3.05) is 6.54 Å². The molecule has 60 valence electrons. The maximum Gasteiger partial charge on any atom is 0.0212 e. The normalized spacial score (nSPS) is 39.7. The molecule has 0 spiro atoms. The van der Waals surface area contributed by atoms with E-state index in [9.17, 15) is 0 Å². The van der Waals surface area contributed by atoms with E-state index in [1.807, 2.05) is 0 Å². The average molecular weight is 149 g/mol. The fourth-order valence-corrected chi connectivity index (χ4v) is 2.29. The zero-order chi connectivity index (χ0) is 7.68. The lowest BCUT2D eigenvalue weighted by molar-refractivity contribution is 0.482. The Morgan fingerprint density at radius 1 is 1.45 bits per heavy atom. The van der Waals surface area contributed by atoms with Crippen LogP contribution < -0.4 is 5.32 Å². The van der Waals surface area contributed by atoms with Crippen molar-refractivity contribution < 1.29 is 0 Å². The molecule has 0 aromatic rings. The molecule has 0 aromatic heterocycles. The smallest absolute Gasteiger partial charge is 0.0212 e. The summed E-state index contributed by atoms with van der Waals surface area (Å²) in [6, 6.07) is 0.813. The van der Waals surface area contributed by atoms with E-state index in [-0.39, 0.29) is 0 Å². The summed E-state index contributed by atoms with van der Waals surface area (Å²) in [6.07, 6.45) is 10.4. The Morgan fingerprint density at radius 2 is 2.36 bits per heavy atom. The van der Waals surface area contributed by atoms with Gasteiger partial charge < -0.3 is 5.32 Å². The fraction of sp³-hybridized carbons (Fsp3) is 0.800. The Labute approximate surface area is 68.6 Å². The highest BCUT2D eigenvalue weighted by molar-refractivity contribution is 5.01. The Balaban J connectivity index is 1.67. The van der Waals surface area contributed by atoms with Gasteiger partial charge in [0.1, 0.15) is 0 Å². The van der Waals surface area contributed by atoms with Crippen LogP contribution in [0.2, 0.25) is 0 Å². The third-order valence-corrected chi connectivity index (χ3v) is 3.02.